The second kappa shape index (κ2) is 14.7. The number of para-hydroxylation sites is 2. The van der Waals surface area contributed by atoms with Gasteiger partial charge < -0.3 is 4.42 Å². The molecule has 9 aromatic carbocycles. The predicted octanol–water partition coefficient (Wildman–Crippen LogP) is 15.8. The highest BCUT2D eigenvalue weighted by molar-refractivity contribution is 7.26. The van der Waals surface area contributed by atoms with Gasteiger partial charge in [-0.25, -0.2) is 19.9 Å². The molecule has 0 atom stereocenters. The number of fused-ring (bicyclic) bond motifs is 9. The third kappa shape index (κ3) is 5.92. The van der Waals surface area contributed by atoms with Crippen LogP contribution in [0.25, 0.3) is 131 Å². The molecule has 13 aromatic rings. The highest BCUT2D eigenvalue weighted by Crippen LogP contribution is 2.47. The molecule has 0 radical (unpaired) electrons. The van der Waals surface area contributed by atoms with Crippen LogP contribution in [0.5, 0.6) is 0 Å². The van der Waals surface area contributed by atoms with Crippen LogP contribution in [-0.2, 0) is 0 Å². The molecule has 4 heterocycles. The second-order valence-corrected chi connectivity index (χ2v) is 17.1. The minimum Gasteiger partial charge on any atom is -0.456 e. The highest BCUT2D eigenvalue weighted by atomic mass is 32.1. The van der Waals surface area contributed by atoms with Crippen molar-refractivity contribution >= 4 is 75.1 Å². The van der Waals surface area contributed by atoms with Gasteiger partial charge in [0.25, 0.3) is 0 Å². The normalized spacial score (nSPS) is 11.8. The zero-order valence-electron chi connectivity index (χ0n) is 34.2. The van der Waals surface area contributed by atoms with E-state index in [0.29, 0.717) is 17.5 Å². The Hall–Kier alpha value is -8.32. The molecule has 0 aliphatic carbocycles. The lowest BCUT2D eigenvalue weighted by Gasteiger charge is -2.16. The Bertz CT molecular complexity index is 3930. The first kappa shape index (κ1) is 36.3. The number of aromatic nitrogens is 4. The number of rotatable bonds is 6. The van der Waals surface area contributed by atoms with Gasteiger partial charge >= 0.3 is 0 Å². The number of hydrogen-bond acceptors (Lipinski definition) is 6. The molecular formula is C58H34N4OS. The van der Waals surface area contributed by atoms with Crippen LogP contribution in [0.4, 0.5) is 0 Å². The molecule has 0 saturated heterocycles. The maximum absolute atomic E-state index is 6.69. The zero-order valence-corrected chi connectivity index (χ0v) is 35.1. The molecule has 0 unspecified atom stereocenters. The largest absolute Gasteiger partial charge is 0.456 e. The average molecular weight is 835 g/mol. The summed E-state index contributed by atoms with van der Waals surface area (Å²) in [6.45, 7) is 0. The van der Waals surface area contributed by atoms with Crippen molar-refractivity contribution in [2.45, 2.75) is 0 Å². The Labute approximate surface area is 371 Å². The van der Waals surface area contributed by atoms with Crippen LogP contribution >= 0.6 is 11.3 Å². The van der Waals surface area contributed by atoms with E-state index in [1.54, 1.807) is 11.3 Å². The van der Waals surface area contributed by atoms with Gasteiger partial charge in [0.05, 0.1) is 11.2 Å². The number of nitrogens with zero attached hydrogens (tertiary/aromatic N) is 4. The summed E-state index contributed by atoms with van der Waals surface area (Å²) in [5.41, 5.74) is 11.9. The monoisotopic (exact) mass is 834 g/mol. The third-order valence-corrected chi connectivity index (χ3v) is 13.6. The molecule has 13 rings (SSSR count). The van der Waals surface area contributed by atoms with Crippen LogP contribution in [0.15, 0.2) is 211 Å². The first-order valence-electron chi connectivity index (χ1n) is 21.4. The van der Waals surface area contributed by atoms with Crippen LogP contribution in [0.2, 0.25) is 0 Å². The third-order valence-electron chi connectivity index (χ3n) is 12.3. The van der Waals surface area contributed by atoms with Gasteiger partial charge in [0, 0.05) is 74.9 Å². The fourth-order valence-corrected chi connectivity index (χ4v) is 10.5. The first-order valence-corrected chi connectivity index (χ1v) is 22.2. The molecule has 0 bridgehead atoms. The van der Waals surface area contributed by atoms with E-state index in [-0.39, 0.29) is 0 Å². The lowest BCUT2D eigenvalue weighted by Crippen LogP contribution is -2.00. The minimum absolute atomic E-state index is 0.607. The number of hydrogen-bond donors (Lipinski definition) is 0. The fourth-order valence-electron chi connectivity index (χ4n) is 9.33. The van der Waals surface area contributed by atoms with Gasteiger partial charge in [-0.1, -0.05) is 176 Å². The van der Waals surface area contributed by atoms with Crippen molar-refractivity contribution in [1.82, 2.24) is 19.9 Å². The van der Waals surface area contributed by atoms with E-state index in [4.69, 9.17) is 24.4 Å². The van der Waals surface area contributed by atoms with E-state index in [0.717, 1.165) is 87.4 Å². The van der Waals surface area contributed by atoms with Crippen molar-refractivity contribution in [3.8, 4) is 67.7 Å². The number of pyridine rings is 1. The molecule has 0 saturated carbocycles. The molecule has 5 nitrogen and oxygen atoms in total. The fraction of sp³-hybridized carbons (Fsp3) is 0. The van der Waals surface area contributed by atoms with Crippen molar-refractivity contribution in [3.63, 3.8) is 0 Å². The van der Waals surface area contributed by atoms with Crippen LogP contribution in [0.3, 0.4) is 0 Å². The van der Waals surface area contributed by atoms with Gasteiger partial charge in [-0.15, -0.1) is 11.3 Å². The summed E-state index contributed by atoms with van der Waals surface area (Å²) in [6.07, 6.45) is 0. The van der Waals surface area contributed by atoms with Gasteiger partial charge in [0.1, 0.15) is 11.2 Å². The Morgan fingerprint density at radius 2 is 0.906 bits per heavy atom. The summed E-state index contributed by atoms with van der Waals surface area (Å²) in [4.78, 5) is 20.8. The first-order chi connectivity index (χ1) is 31.7. The van der Waals surface area contributed by atoms with Crippen LogP contribution in [-0.4, -0.2) is 19.9 Å². The van der Waals surface area contributed by atoms with Gasteiger partial charge in [0.2, 0.25) is 0 Å². The van der Waals surface area contributed by atoms with Gasteiger partial charge in [-0.2, -0.15) is 0 Å². The predicted molar refractivity (Wildman–Crippen MR) is 265 cm³/mol. The van der Waals surface area contributed by atoms with Gasteiger partial charge in [0.15, 0.2) is 17.5 Å². The summed E-state index contributed by atoms with van der Waals surface area (Å²) >= 11 is 1.77. The van der Waals surface area contributed by atoms with Crippen LogP contribution in [0, 0.1) is 0 Å². The molecule has 4 aromatic heterocycles. The van der Waals surface area contributed by atoms with E-state index < -0.39 is 0 Å². The summed E-state index contributed by atoms with van der Waals surface area (Å²) in [6, 6.07) is 72.1. The van der Waals surface area contributed by atoms with Gasteiger partial charge in [-0.3, -0.25) is 0 Å². The van der Waals surface area contributed by atoms with E-state index in [1.165, 1.54) is 26.6 Å². The van der Waals surface area contributed by atoms with E-state index in [2.05, 4.69) is 170 Å². The standard InChI is InChI=1S/C58H34N4OS/c1-3-14-35(15-4-1)36-26-28-37(29-27-36)51-52-43-19-7-10-23-47(43)59-54(46(52)34-49-53(51)44-20-8-11-24-48(44)63-49)38-30-32-40(33-31-38)57-60-56(39-16-5-2-6-17-39)61-58(62-57)45-22-13-21-42-41-18-9-12-25-50(41)64-55(42)45/h1-34H. The molecular weight excluding hydrogens is 801 g/mol. The maximum atomic E-state index is 6.69. The second-order valence-electron chi connectivity index (χ2n) is 16.1. The quantitative estimate of drug-likeness (QED) is 0.156. The Morgan fingerprint density at radius 1 is 0.344 bits per heavy atom. The highest BCUT2D eigenvalue weighted by Gasteiger charge is 2.22. The molecule has 0 aliphatic heterocycles. The summed E-state index contributed by atoms with van der Waals surface area (Å²) in [5, 5.41) is 7.87. The average Bonchev–Trinajstić information content (AvgIpc) is 3.94. The number of thiophene rings is 1. The lowest BCUT2D eigenvalue weighted by atomic mass is 9.89. The topological polar surface area (TPSA) is 64.7 Å². The lowest BCUT2D eigenvalue weighted by molar-refractivity contribution is 0.669. The van der Waals surface area contributed by atoms with Crippen molar-refractivity contribution in [3.05, 3.63) is 206 Å². The Balaban J connectivity index is 1.00. The zero-order chi connectivity index (χ0) is 42.1. The molecule has 6 heteroatoms. The summed E-state index contributed by atoms with van der Waals surface area (Å²) < 4.78 is 9.08. The van der Waals surface area contributed by atoms with E-state index >= 15 is 0 Å². The van der Waals surface area contributed by atoms with Gasteiger partial charge in [-0.05, 0) is 47.0 Å². The summed E-state index contributed by atoms with van der Waals surface area (Å²) in [5.74, 6) is 1.88. The minimum atomic E-state index is 0.607. The van der Waals surface area contributed by atoms with Crippen LogP contribution < -0.4 is 0 Å². The van der Waals surface area contributed by atoms with Crippen molar-refractivity contribution in [2.75, 3.05) is 0 Å². The Kier molecular flexibility index (Phi) is 8.32. The number of benzene rings is 9. The van der Waals surface area contributed by atoms with Crippen molar-refractivity contribution in [2.24, 2.45) is 0 Å². The molecule has 0 aliphatic rings. The summed E-state index contributed by atoms with van der Waals surface area (Å²) in [7, 11) is 0. The molecule has 298 valence electrons. The smallest absolute Gasteiger partial charge is 0.165 e. The maximum Gasteiger partial charge on any atom is 0.165 e. The molecule has 64 heavy (non-hydrogen) atoms. The molecule has 0 N–H and O–H groups in total. The molecule has 0 amide bonds. The SMILES string of the molecule is c1ccc(-c2ccc(-c3c4c(cc5c(-c6ccc(-c7nc(-c8ccccc8)nc(-c8cccc9c8sc8ccccc89)n7)cc6)nc6ccccc6c35)oc3ccccc34)cc2)cc1. The Morgan fingerprint density at radius 3 is 1.69 bits per heavy atom. The molecule has 0 fully saturated rings. The van der Waals surface area contributed by atoms with E-state index in [1.807, 2.05) is 36.4 Å². The number of furan rings is 1. The molecule has 0 spiro atoms. The van der Waals surface area contributed by atoms with Crippen LogP contribution in [0.1, 0.15) is 0 Å². The van der Waals surface area contributed by atoms with Crippen molar-refractivity contribution < 1.29 is 4.42 Å². The van der Waals surface area contributed by atoms with E-state index in [9.17, 15) is 0 Å². The van der Waals surface area contributed by atoms with Crippen molar-refractivity contribution in [1.29, 1.82) is 0 Å².